The van der Waals surface area contributed by atoms with Gasteiger partial charge in [-0.3, -0.25) is 0 Å². The molecule has 0 saturated carbocycles. The number of allylic oxidation sites excluding steroid dienone is 1. The van der Waals surface area contributed by atoms with Crippen LogP contribution >= 0.6 is 0 Å². The first kappa shape index (κ1) is 15.8. The second-order valence-corrected chi connectivity index (χ2v) is 4.50. The zero-order valence-electron chi connectivity index (χ0n) is 11.0. The summed E-state index contributed by atoms with van der Waals surface area (Å²) in [5, 5.41) is 0. The van der Waals surface area contributed by atoms with Gasteiger partial charge in [0.25, 0.3) is 0 Å². The fourth-order valence-corrected chi connectivity index (χ4v) is 1.53. The lowest BCUT2D eigenvalue weighted by molar-refractivity contribution is -0.175. The SMILES string of the molecule is CCOC(=O)C1=C(C(F)(F)F)OC(OCC(C)C)C1. The van der Waals surface area contributed by atoms with Crippen LogP contribution in [0, 0.1) is 5.92 Å². The minimum atomic E-state index is -4.72. The Morgan fingerprint density at radius 3 is 2.58 bits per heavy atom. The van der Waals surface area contributed by atoms with Crippen LogP contribution in [0.25, 0.3) is 0 Å². The van der Waals surface area contributed by atoms with Gasteiger partial charge < -0.3 is 14.2 Å². The van der Waals surface area contributed by atoms with E-state index in [1.54, 1.807) is 0 Å². The van der Waals surface area contributed by atoms with Gasteiger partial charge in [0.15, 0.2) is 0 Å². The maximum Gasteiger partial charge on any atom is 0.449 e. The summed E-state index contributed by atoms with van der Waals surface area (Å²) in [4.78, 5) is 11.5. The highest BCUT2D eigenvalue weighted by Gasteiger charge is 2.47. The van der Waals surface area contributed by atoms with Crippen molar-refractivity contribution in [2.24, 2.45) is 5.92 Å². The molecule has 0 aliphatic carbocycles. The fourth-order valence-electron chi connectivity index (χ4n) is 1.53. The molecule has 0 spiro atoms. The molecule has 0 bridgehead atoms. The zero-order valence-corrected chi connectivity index (χ0v) is 11.0. The second kappa shape index (κ2) is 6.27. The van der Waals surface area contributed by atoms with Crippen LogP contribution in [-0.2, 0) is 19.0 Å². The van der Waals surface area contributed by atoms with Gasteiger partial charge in [0, 0.05) is 6.42 Å². The second-order valence-electron chi connectivity index (χ2n) is 4.50. The van der Waals surface area contributed by atoms with Crippen LogP contribution in [0.4, 0.5) is 13.2 Å². The number of esters is 1. The molecule has 0 aromatic heterocycles. The van der Waals surface area contributed by atoms with Crippen LogP contribution in [0.5, 0.6) is 0 Å². The van der Waals surface area contributed by atoms with E-state index in [-0.39, 0.29) is 25.6 Å². The molecular formula is C12H17F3O4. The molecule has 4 nitrogen and oxygen atoms in total. The Morgan fingerprint density at radius 2 is 2.11 bits per heavy atom. The number of rotatable bonds is 5. The van der Waals surface area contributed by atoms with Gasteiger partial charge in [0.05, 0.1) is 18.8 Å². The van der Waals surface area contributed by atoms with Crippen molar-refractivity contribution < 1.29 is 32.2 Å². The first-order valence-corrected chi connectivity index (χ1v) is 6.01. The molecule has 0 aromatic rings. The summed E-state index contributed by atoms with van der Waals surface area (Å²) >= 11 is 0. The van der Waals surface area contributed by atoms with E-state index in [2.05, 4.69) is 9.47 Å². The first-order valence-electron chi connectivity index (χ1n) is 6.01. The van der Waals surface area contributed by atoms with E-state index in [1.807, 2.05) is 13.8 Å². The normalized spacial score (nSPS) is 19.8. The molecule has 1 aliphatic heterocycles. The third kappa shape index (κ3) is 4.41. The summed E-state index contributed by atoms with van der Waals surface area (Å²) in [6, 6.07) is 0. The van der Waals surface area contributed by atoms with Crippen molar-refractivity contribution in [1.29, 1.82) is 0 Å². The smallest absolute Gasteiger partial charge is 0.449 e. The highest BCUT2D eigenvalue weighted by molar-refractivity contribution is 5.89. The Hall–Kier alpha value is -1.24. The predicted octanol–water partition coefficient (Wildman–Crippen LogP) is 2.78. The Morgan fingerprint density at radius 1 is 1.47 bits per heavy atom. The lowest BCUT2D eigenvalue weighted by Crippen LogP contribution is -2.19. The van der Waals surface area contributed by atoms with Crippen molar-refractivity contribution in [1.82, 2.24) is 0 Å². The average molecular weight is 282 g/mol. The van der Waals surface area contributed by atoms with E-state index in [0.29, 0.717) is 0 Å². The predicted molar refractivity (Wildman–Crippen MR) is 60.0 cm³/mol. The molecule has 110 valence electrons. The van der Waals surface area contributed by atoms with Crippen LogP contribution in [-0.4, -0.2) is 31.6 Å². The standard InChI is InChI=1S/C12H17F3O4/c1-4-17-11(16)8-5-9(18-6-7(2)3)19-10(8)12(13,14)15/h7,9H,4-6H2,1-3H3. The minimum absolute atomic E-state index is 0.00495. The summed E-state index contributed by atoms with van der Waals surface area (Å²) in [6.07, 6.45) is -6.06. The molecule has 1 rings (SSSR count). The molecule has 19 heavy (non-hydrogen) atoms. The maximum atomic E-state index is 12.7. The largest absolute Gasteiger partial charge is 0.463 e. The Labute approximate surface area is 109 Å². The van der Waals surface area contributed by atoms with Crippen LogP contribution < -0.4 is 0 Å². The van der Waals surface area contributed by atoms with E-state index in [0.717, 1.165) is 0 Å². The lowest BCUT2D eigenvalue weighted by atomic mass is 10.2. The first-order chi connectivity index (χ1) is 8.75. The molecule has 0 amide bonds. The van der Waals surface area contributed by atoms with E-state index >= 15 is 0 Å². The molecule has 1 aliphatic rings. The van der Waals surface area contributed by atoms with Gasteiger partial charge in [-0.05, 0) is 12.8 Å². The topological polar surface area (TPSA) is 44.8 Å². The molecule has 0 aromatic carbocycles. The molecule has 0 N–H and O–H groups in total. The van der Waals surface area contributed by atoms with Crippen LogP contribution in [0.1, 0.15) is 27.2 Å². The van der Waals surface area contributed by atoms with E-state index in [4.69, 9.17) is 4.74 Å². The van der Waals surface area contributed by atoms with Crippen molar-refractivity contribution in [2.75, 3.05) is 13.2 Å². The third-order valence-electron chi connectivity index (χ3n) is 2.29. The molecule has 1 atom stereocenters. The van der Waals surface area contributed by atoms with E-state index in [1.165, 1.54) is 6.92 Å². The van der Waals surface area contributed by atoms with Gasteiger partial charge >= 0.3 is 12.1 Å². The van der Waals surface area contributed by atoms with Gasteiger partial charge in [-0.25, -0.2) is 4.79 Å². The van der Waals surface area contributed by atoms with Crippen molar-refractivity contribution in [3.05, 3.63) is 11.3 Å². The van der Waals surface area contributed by atoms with Gasteiger partial charge in [0.1, 0.15) is 0 Å². The van der Waals surface area contributed by atoms with Gasteiger partial charge in [-0.2, -0.15) is 13.2 Å². The molecule has 0 fully saturated rings. The van der Waals surface area contributed by atoms with Crippen molar-refractivity contribution in [2.45, 2.75) is 39.7 Å². The van der Waals surface area contributed by atoms with E-state index < -0.39 is 29.8 Å². The Bertz CT molecular complexity index is 360. The zero-order chi connectivity index (χ0) is 14.6. The molecule has 0 radical (unpaired) electrons. The summed E-state index contributed by atoms with van der Waals surface area (Å²) < 4.78 is 52.7. The number of alkyl halides is 3. The number of ether oxygens (including phenoxy) is 3. The number of hydrogen-bond acceptors (Lipinski definition) is 4. The molecular weight excluding hydrogens is 265 g/mol. The lowest BCUT2D eigenvalue weighted by Gasteiger charge is -2.16. The Kier molecular flexibility index (Phi) is 5.22. The van der Waals surface area contributed by atoms with Gasteiger partial charge in [-0.15, -0.1) is 0 Å². The summed E-state index contributed by atoms with van der Waals surface area (Å²) in [7, 11) is 0. The van der Waals surface area contributed by atoms with Crippen LogP contribution in [0.3, 0.4) is 0 Å². The fraction of sp³-hybridized carbons (Fsp3) is 0.750. The molecule has 0 saturated heterocycles. The number of halogens is 3. The quantitative estimate of drug-likeness (QED) is 0.727. The average Bonchev–Trinajstić information content (AvgIpc) is 2.70. The molecule has 1 unspecified atom stereocenters. The molecule has 1 heterocycles. The number of carbonyl (C=O) groups excluding carboxylic acids is 1. The number of carbonyl (C=O) groups is 1. The highest BCUT2D eigenvalue weighted by atomic mass is 19.4. The van der Waals surface area contributed by atoms with Crippen molar-refractivity contribution >= 4 is 5.97 Å². The summed E-state index contributed by atoms with van der Waals surface area (Å²) in [5.74, 6) is -2.16. The van der Waals surface area contributed by atoms with E-state index in [9.17, 15) is 18.0 Å². The van der Waals surface area contributed by atoms with Crippen molar-refractivity contribution in [3.63, 3.8) is 0 Å². The summed E-state index contributed by atoms with van der Waals surface area (Å²) in [6.45, 7) is 5.50. The maximum absolute atomic E-state index is 12.7. The van der Waals surface area contributed by atoms with Crippen LogP contribution in [0.15, 0.2) is 11.3 Å². The van der Waals surface area contributed by atoms with Gasteiger partial charge in [0.2, 0.25) is 12.0 Å². The monoisotopic (exact) mass is 282 g/mol. The summed E-state index contributed by atoms with van der Waals surface area (Å²) in [5.41, 5.74) is -0.511. The van der Waals surface area contributed by atoms with Crippen molar-refractivity contribution in [3.8, 4) is 0 Å². The van der Waals surface area contributed by atoms with Crippen LogP contribution in [0.2, 0.25) is 0 Å². The minimum Gasteiger partial charge on any atom is -0.463 e. The number of hydrogen-bond donors (Lipinski definition) is 0. The highest BCUT2D eigenvalue weighted by Crippen LogP contribution is 2.38. The molecule has 7 heteroatoms. The Balaban J connectivity index is 2.78. The van der Waals surface area contributed by atoms with Gasteiger partial charge in [-0.1, -0.05) is 13.8 Å². The third-order valence-corrected chi connectivity index (χ3v) is 2.29.